The van der Waals surface area contributed by atoms with Crippen LogP contribution in [-0.4, -0.2) is 66.6 Å². The summed E-state index contributed by atoms with van der Waals surface area (Å²) in [6.45, 7) is 4.68. The highest BCUT2D eigenvalue weighted by Crippen LogP contribution is 2.40. The third-order valence-corrected chi connectivity index (χ3v) is 7.83. The third-order valence-electron chi connectivity index (χ3n) is 7.83. The van der Waals surface area contributed by atoms with Crippen LogP contribution >= 0.6 is 0 Å². The summed E-state index contributed by atoms with van der Waals surface area (Å²) in [6.07, 6.45) is 0.569. The minimum Gasteiger partial charge on any atom is -0.367 e. The first kappa shape index (κ1) is 29.6. The van der Waals surface area contributed by atoms with Crippen LogP contribution < -0.4 is 15.1 Å². The predicted molar refractivity (Wildman–Crippen MR) is 147 cm³/mol. The van der Waals surface area contributed by atoms with E-state index in [0.29, 0.717) is 37.7 Å². The van der Waals surface area contributed by atoms with Crippen molar-refractivity contribution in [3.8, 4) is 11.1 Å². The van der Waals surface area contributed by atoms with Gasteiger partial charge in [-0.25, -0.2) is 23.1 Å². The van der Waals surface area contributed by atoms with Gasteiger partial charge in [-0.3, -0.25) is 4.79 Å². The number of aromatic nitrogens is 2. The lowest BCUT2D eigenvalue weighted by Gasteiger charge is -2.39. The Balaban J connectivity index is 1.57. The molecule has 13 heteroatoms. The minimum absolute atomic E-state index is 0.00248. The second-order valence-electron chi connectivity index (χ2n) is 10.7. The Morgan fingerprint density at radius 1 is 0.952 bits per heavy atom. The quantitative estimate of drug-likeness (QED) is 0.369. The average molecular weight is 593 g/mol. The van der Waals surface area contributed by atoms with Gasteiger partial charge < -0.3 is 20.0 Å². The van der Waals surface area contributed by atoms with Gasteiger partial charge in [-0.05, 0) is 51.4 Å². The number of hydrogen-bond donors (Lipinski definition) is 1. The van der Waals surface area contributed by atoms with Gasteiger partial charge in [-0.15, -0.1) is 0 Å². The Hall–Kier alpha value is -3.87. The van der Waals surface area contributed by atoms with Gasteiger partial charge in [-0.2, -0.15) is 13.2 Å². The summed E-state index contributed by atoms with van der Waals surface area (Å²) in [5.74, 6) is -4.21. The number of alkyl halides is 3. The zero-order valence-electron chi connectivity index (χ0n) is 23.1. The predicted octanol–water partition coefficient (Wildman–Crippen LogP) is 5.96. The maximum Gasteiger partial charge on any atom is 0.417 e. The fraction of sp³-hybridized carbons (Fsp3) is 0.414. The largest absolute Gasteiger partial charge is 0.417 e. The number of anilines is 3. The summed E-state index contributed by atoms with van der Waals surface area (Å²) in [5.41, 5.74) is -3.47. The smallest absolute Gasteiger partial charge is 0.367 e. The van der Waals surface area contributed by atoms with E-state index in [-0.39, 0.29) is 23.4 Å². The summed E-state index contributed by atoms with van der Waals surface area (Å²) >= 11 is 0. The molecule has 1 aromatic heterocycles. The van der Waals surface area contributed by atoms with Gasteiger partial charge in [0.05, 0.1) is 22.4 Å². The molecule has 0 unspecified atom stereocenters. The Kier molecular flexibility index (Phi) is 8.31. The lowest BCUT2D eigenvalue weighted by Crippen LogP contribution is -2.50. The second kappa shape index (κ2) is 11.8. The van der Waals surface area contributed by atoms with E-state index in [2.05, 4.69) is 15.3 Å². The molecule has 0 aliphatic carbocycles. The summed E-state index contributed by atoms with van der Waals surface area (Å²) in [5, 5.41) is 2.24. The number of nitrogens with zero attached hydrogens (tertiary/aromatic N) is 5. The Morgan fingerprint density at radius 2 is 1.64 bits per heavy atom. The Morgan fingerprint density at radius 3 is 2.29 bits per heavy atom. The molecule has 2 aliphatic rings. The first-order valence-corrected chi connectivity index (χ1v) is 13.7. The molecule has 3 heterocycles. The zero-order chi connectivity index (χ0) is 30.2. The first-order chi connectivity index (χ1) is 19.9. The molecule has 2 saturated heterocycles. The van der Waals surface area contributed by atoms with Crippen LogP contribution in [0.2, 0.25) is 0 Å². The molecule has 1 atom stereocenters. The van der Waals surface area contributed by atoms with E-state index in [1.54, 1.807) is 4.90 Å². The summed E-state index contributed by atoms with van der Waals surface area (Å²) in [4.78, 5) is 27.5. The van der Waals surface area contributed by atoms with Crippen molar-refractivity contribution in [2.45, 2.75) is 38.4 Å². The molecule has 2 aromatic carbocycles. The fourth-order valence-electron chi connectivity index (χ4n) is 5.34. The number of carbonyl (C=O) groups excluding carboxylic acids is 1. The maximum atomic E-state index is 16.3. The van der Waals surface area contributed by atoms with E-state index in [1.807, 2.05) is 23.8 Å². The average Bonchev–Trinajstić information content (AvgIpc) is 2.96. The van der Waals surface area contributed by atoms with Crippen LogP contribution in [0, 0.1) is 17.5 Å². The van der Waals surface area contributed by atoms with Crippen LogP contribution in [0.4, 0.5) is 43.7 Å². The molecule has 0 radical (unpaired) electrons. The number of halogens is 6. The van der Waals surface area contributed by atoms with Crippen LogP contribution in [0.1, 0.15) is 42.1 Å². The molecule has 2 aliphatic heterocycles. The van der Waals surface area contributed by atoms with Crippen molar-refractivity contribution in [2.75, 3.05) is 54.9 Å². The lowest BCUT2D eigenvalue weighted by atomic mass is 10.0. The highest BCUT2D eigenvalue weighted by atomic mass is 19.4. The third kappa shape index (κ3) is 6.01. The van der Waals surface area contributed by atoms with Crippen molar-refractivity contribution < 1.29 is 31.1 Å². The van der Waals surface area contributed by atoms with Crippen LogP contribution in [0.25, 0.3) is 11.1 Å². The van der Waals surface area contributed by atoms with Gasteiger partial charge >= 0.3 is 6.18 Å². The van der Waals surface area contributed by atoms with Gasteiger partial charge in [0, 0.05) is 62.8 Å². The van der Waals surface area contributed by atoms with E-state index in [9.17, 15) is 22.4 Å². The standard InChI is InChI=1S/C29H30F6N6O/c1-17-16-41(11-10-39(17)2)23-13-22(31)24(18-14-36-28(37-15-18)40-8-4-3-5-9-40)25(32)26(23)38-27(42)20-7-6-19(30)12-21(20)29(33,34)35/h6-7,12-15,17H,3-5,8-11,16H2,1-2H3,(H,38,42)/t17-/m0/s1. The number of nitrogens with one attached hydrogen (secondary N) is 1. The van der Waals surface area contributed by atoms with Crippen molar-refractivity contribution in [1.82, 2.24) is 14.9 Å². The van der Waals surface area contributed by atoms with E-state index >= 15 is 8.78 Å². The van der Waals surface area contributed by atoms with Crippen molar-refractivity contribution in [3.63, 3.8) is 0 Å². The molecule has 0 bridgehead atoms. The number of piperazine rings is 1. The van der Waals surface area contributed by atoms with Gasteiger partial charge in [-0.1, -0.05) is 0 Å². The SMILES string of the molecule is C[C@H]1CN(c2cc(F)c(-c3cnc(N4CCCCC4)nc3)c(F)c2NC(=O)c2ccc(F)cc2C(F)(F)F)CCN1C. The van der Waals surface area contributed by atoms with Crippen LogP contribution in [0.5, 0.6) is 0 Å². The highest BCUT2D eigenvalue weighted by Gasteiger charge is 2.36. The maximum absolute atomic E-state index is 16.3. The molecule has 1 N–H and O–H groups in total. The molecule has 224 valence electrons. The monoisotopic (exact) mass is 592 g/mol. The van der Waals surface area contributed by atoms with E-state index in [4.69, 9.17) is 0 Å². The summed E-state index contributed by atoms with van der Waals surface area (Å²) in [6, 6.07) is 2.63. The van der Waals surface area contributed by atoms with Gasteiger partial charge in [0.15, 0.2) is 5.82 Å². The molecular weight excluding hydrogens is 562 g/mol. The van der Waals surface area contributed by atoms with E-state index in [1.165, 1.54) is 12.4 Å². The number of benzene rings is 2. The number of likely N-dealkylation sites (N-methyl/N-ethyl adjacent to an activating group) is 1. The number of amides is 1. The second-order valence-corrected chi connectivity index (χ2v) is 10.7. The molecule has 1 amide bonds. The van der Waals surface area contributed by atoms with Gasteiger partial charge in [0.25, 0.3) is 5.91 Å². The molecule has 0 saturated carbocycles. The number of rotatable bonds is 5. The Labute approximate surface area is 239 Å². The lowest BCUT2D eigenvalue weighted by molar-refractivity contribution is -0.138. The first-order valence-electron chi connectivity index (χ1n) is 13.7. The van der Waals surface area contributed by atoms with E-state index in [0.717, 1.165) is 38.4 Å². The van der Waals surface area contributed by atoms with Gasteiger partial charge in [0.2, 0.25) is 5.95 Å². The molecule has 42 heavy (non-hydrogen) atoms. The van der Waals surface area contributed by atoms with Crippen molar-refractivity contribution in [3.05, 3.63) is 65.2 Å². The van der Waals surface area contributed by atoms with E-state index < -0.39 is 51.9 Å². The molecule has 7 nitrogen and oxygen atoms in total. The molecule has 2 fully saturated rings. The van der Waals surface area contributed by atoms with Crippen LogP contribution in [0.15, 0.2) is 36.7 Å². The van der Waals surface area contributed by atoms with Crippen LogP contribution in [-0.2, 0) is 6.18 Å². The fourth-order valence-corrected chi connectivity index (χ4v) is 5.34. The molecule has 3 aromatic rings. The Bertz CT molecular complexity index is 1460. The number of carbonyl (C=O) groups is 1. The molecular formula is C29H30F6N6O. The zero-order valence-corrected chi connectivity index (χ0v) is 23.1. The normalized spacial score (nSPS) is 18.3. The van der Waals surface area contributed by atoms with Crippen molar-refractivity contribution in [1.29, 1.82) is 0 Å². The molecule has 0 spiro atoms. The van der Waals surface area contributed by atoms with Crippen LogP contribution in [0.3, 0.4) is 0 Å². The van der Waals surface area contributed by atoms with Crippen molar-refractivity contribution >= 4 is 23.2 Å². The number of piperidine rings is 1. The van der Waals surface area contributed by atoms with Crippen molar-refractivity contribution in [2.24, 2.45) is 0 Å². The number of hydrogen-bond acceptors (Lipinski definition) is 6. The minimum atomic E-state index is -5.05. The summed E-state index contributed by atoms with van der Waals surface area (Å²) in [7, 11) is 1.90. The topological polar surface area (TPSA) is 64.6 Å². The highest BCUT2D eigenvalue weighted by molar-refractivity contribution is 6.07. The van der Waals surface area contributed by atoms with Gasteiger partial charge in [0.1, 0.15) is 17.3 Å². The molecule has 5 rings (SSSR count). The summed E-state index contributed by atoms with van der Waals surface area (Å²) < 4.78 is 86.6.